The highest BCUT2D eigenvalue weighted by Gasteiger charge is 2.31. The van der Waals surface area contributed by atoms with Crippen LogP contribution in [0.5, 0.6) is 5.75 Å². The van der Waals surface area contributed by atoms with Crippen molar-refractivity contribution < 1.29 is 27.1 Å². The summed E-state index contributed by atoms with van der Waals surface area (Å²) in [5.41, 5.74) is 1.56. The summed E-state index contributed by atoms with van der Waals surface area (Å²) in [5.74, 6) is -0.715. The third-order valence-corrected chi connectivity index (χ3v) is 3.94. The van der Waals surface area contributed by atoms with Crippen LogP contribution in [0.2, 0.25) is 0 Å². The van der Waals surface area contributed by atoms with E-state index in [1.807, 2.05) is 6.07 Å². The molecule has 130 valence electrons. The summed E-state index contributed by atoms with van der Waals surface area (Å²) in [6, 6.07) is 10.2. The number of amides is 1. The number of fused-ring (bicyclic) bond motifs is 1. The topological polar surface area (TPSA) is 51.5 Å². The molecule has 8 heteroatoms. The van der Waals surface area contributed by atoms with Crippen LogP contribution in [0.4, 0.5) is 18.9 Å². The van der Waals surface area contributed by atoms with Crippen molar-refractivity contribution >= 4 is 38.5 Å². The van der Waals surface area contributed by atoms with Crippen LogP contribution >= 0.6 is 15.9 Å². The number of carbonyl (C=O) groups excluding carboxylic acids is 1. The Morgan fingerprint density at radius 3 is 2.48 bits per heavy atom. The van der Waals surface area contributed by atoms with Crippen molar-refractivity contribution in [3.8, 4) is 5.75 Å². The van der Waals surface area contributed by atoms with Gasteiger partial charge in [-0.25, -0.2) is 0 Å². The Labute approximate surface area is 148 Å². The number of aryl methyl sites for hydroxylation is 1. The second-order valence-corrected chi connectivity index (χ2v) is 6.14. The van der Waals surface area contributed by atoms with Crippen molar-refractivity contribution in [2.75, 3.05) is 5.32 Å². The average Bonchev–Trinajstić information content (AvgIpc) is 2.85. The zero-order chi connectivity index (χ0) is 18.2. The van der Waals surface area contributed by atoms with Gasteiger partial charge in [-0.3, -0.25) is 4.79 Å². The van der Waals surface area contributed by atoms with Gasteiger partial charge in [-0.2, -0.15) is 0 Å². The minimum absolute atomic E-state index is 0.142. The SMILES string of the molecule is Cc1c(C(=O)Nc2ccc(OC(F)(F)F)cc2)oc2ccc(Br)cc12. The molecule has 0 saturated carbocycles. The first kappa shape index (κ1) is 17.3. The average molecular weight is 414 g/mol. The van der Waals surface area contributed by atoms with Crippen molar-refractivity contribution in [1.82, 2.24) is 0 Å². The maximum absolute atomic E-state index is 12.4. The molecule has 1 aromatic heterocycles. The lowest BCUT2D eigenvalue weighted by atomic mass is 10.1. The van der Waals surface area contributed by atoms with Gasteiger partial charge < -0.3 is 14.5 Å². The molecule has 0 unspecified atom stereocenters. The van der Waals surface area contributed by atoms with Crippen LogP contribution < -0.4 is 10.1 Å². The van der Waals surface area contributed by atoms with Crippen molar-refractivity contribution in [2.45, 2.75) is 13.3 Å². The summed E-state index contributed by atoms with van der Waals surface area (Å²) < 4.78 is 46.6. The zero-order valence-electron chi connectivity index (χ0n) is 12.8. The molecule has 0 saturated heterocycles. The minimum Gasteiger partial charge on any atom is -0.451 e. The summed E-state index contributed by atoms with van der Waals surface area (Å²) in [4.78, 5) is 12.4. The molecule has 1 amide bonds. The van der Waals surface area contributed by atoms with E-state index < -0.39 is 12.3 Å². The molecule has 2 aromatic carbocycles. The fourth-order valence-corrected chi connectivity index (χ4v) is 2.70. The summed E-state index contributed by atoms with van der Waals surface area (Å²) in [7, 11) is 0. The summed E-state index contributed by atoms with van der Waals surface area (Å²) >= 11 is 3.36. The highest BCUT2D eigenvalue weighted by molar-refractivity contribution is 9.10. The summed E-state index contributed by atoms with van der Waals surface area (Å²) in [6.07, 6.45) is -4.76. The monoisotopic (exact) mass is 413 g/mol. The number of carbonyl (C=O) groups is 1. The van der Waals surface area contributed by atoms with Crippen molar-refractivity contribution in [1.29, 1.82) is 0 Å². The maximum Gasteiger partial charge on any atom is 0.573 e. The molecule has 1 N–H and O–H groups in total. The lowest BCUT2D eigenvalue weighted by molar-refractivity contribution is -0.274. The lowest BCUT2D eigenvalue weighted by Gasteiger charge is -2.09. The predicted octanol–water partition coefficient (Wildman–Crippen LogP) is 5.65. The van der Waals surface area contributed by atoms with Crippen LogP contribution in [0.3, 0.4) is 0 Å². The van der Waals surface area contributed by atoms with Gasteiger partial charge in [-0.15, -0.1) is 13.2 Å². The minimum atomic E-state index is -4.76. The Balaban J connectivity index is 1.79. The Hall–Kier alpha value is -2.48. The third kappa shape index (κ3) is 3.96. The van der Waals surface area contributed by atoms with Gasteiger partial charge >= 0.3 is 6.36 Å². The molecule has 0 aliphatic carbocycles. The van der Waals surface area contributed by atoms with Gasteiger partial charge in [-0.1, -0.05) is 15.9 Å². The van der Waals surface area contributed by atoms with Crippen LogP contribution in [0, 0.1) is 6.92 Å². The highest BCUT2D eigenvalue weighted by Crippen LogP contribution is 2.29. The second-order valence-electron chi connectivity index (χ2n) is 5.22. The number of hydrogen-bond acceptors (Lipinski definition) is 3. The number of anilines is 1. The second kappa shape index (κ2) is 6.44. The normalized spacial score (nSPS) is 11.6. The summed E-state index contributed by atoms with van der Waals surface area (Å²) in [5, 5.41) is 3.38. The van der Waals surface area contributed by atoms with Gasteiger partial charge in [0, 0.05) is 21.1 Å². The molecular formula is C17H11BrF3NO3. The molecule has 0 radical (unpaired) electrons. The van der Waals surface area contributed by atoms with Gasteiger partial charge in [0.15, 0.2) is 5.76 Å². The van der Waals surface area contributed by atoms with Gasteiger partial charge in [0.25, 0.3) is 5.91 Å². The van der Waals surface area contributed by atoms with E-state index in [1.54, 1.807) is 19.1 Å². The van der Waals surface area contributed by atoms with Crippen molar-refractivity contribution in [2.24, 2.45) is 0 Å². The molecule has 0 bridgehead atoms. The molecule has 0 spiro atoms. The Bertz CT molecular complexity index is 933. The Kier molecular flexibility index (Phi) is 4.47. The molecule has 25 heavy (non-hydrogen) atoms. The van der Waals surface area contributed by atoms with Crippen LogP contribution in [0.15, 0.2) is 51.4 Å². The highest BCUT2D eigenvalue weighted by atomic mass is 79.9. The Morgan fingerprint density at radius 1 is 1.16 bits per heavy atom. The number of hydrogen-bond donors (Lipinski definition) is 1. The van der Waals surface area contributed by atoms with Crippen LogP contribution in [0.25, 0.3) is 11.0 Å². The standard InChI is InChI=1S/C17H11BrF3NO3/c1-9-13-8-10(18)2-7-14(13)24-15(9)16(23)22-11-3-5-12(6-4-11)25-17(19,20)21/h2-8H,1H3,(H,22,23). The van der Waals surface area contributed by atoms with E-state index in [2.05, 4.69) is 26.0 Å². The van der Waals surface area contributed by atoms with Crippen LogP contribution in [0.1, 0.15) is 16.1 Å². The Morgan fingerprint density at radius 2 is 1.84 bits per heavy atom. The number of ether oxygens (including phenoxy) is 1. The van der Waals surface area contributed by atoms with E-state index in [1.165, 1.54) is 12.1 Å². The molecule has 0 aliphatic rings. The molecule has 0 aliphatic heterocycles. The molecule has 0 atom stereocenters. The first-order valence-electron chi connectivity index (χ1n) is 7.09. The van der Waals surface area contributed by atoms with Gasteiger partial charge in [0.1, 0.15) is 11.3 Å². The van der Waals surface area contributed by atoms with Crippen LogP contribution in [-0.2, 0) is 0 Å². The third-order valence-electron chi connectivity index (χ3n) is 3.45. The van der Waals surface area contributed by atoms with Gasteiger partial charge in [0.2, 0.25) is 0 Å². The molecule has 3 rings (SSSR count). The van der Waals surface area contributed by atoms with E-state index in [0.717, 1.165) is 22.0 Å². The molecule has 0 fully saturated rings. The number of rotatable bonds is 3. The number of benzene rings is 2. The number of halogens is 4. The fourth-order valence-electron chi connectivity index (χ4n) is 2.34. The maximum atomic E-state index is 12.4. The van der Waals surface area contributed by atoms with Crippen molar-refractivity contribution in [3.63, 3.8) is 0 Å². The van der Waals surface area contributed by atoms with E-state index in [0.29, 0.717) is 16.8 Å². The van der Waals surface area contributed by atoms with E-state index in [-0.39, 0.29) is 11.5 Å². The number of furan rings is 1. The molecule has 4 nitrogen and oxygen atoms in total. The largest absolute Gasteiger partial charge is 0.573 e. The van der Waals surface area contributed by atoms with Crippen LogP contribution in [-0.4, -0.2) is 12.3 Å². The van der Waals surface area contributed by atoms with Crippen molar-refractivity contribution in [3.05, 3.63) is 58.3 Å². The quantitative estimate of drug-likeness (QED) is 0.602. The van der Waals surface area contributed by atoms with E-state index in [4.69, 9.17) is 4.42 Å². The van der Waals surface area contributed by atoms with Gasteiger partial charge in [0.05, 0.1) is 0 Å². The number of nitrogens with one attached hydrogen (secondary N) is 1. The smallest absolute Gasteiger partial charge is 0.451 e. The first-order valence-corrected chi connectivity index (χ1v) is 7.88. The lowest BCUT2D eigenvalue weighted by Crippen LogP contribution is -2.17. The zero-order valence-corrected chi connectivity index (χ0v) is 14.4. The van der Waals surface area contributed by atoms with Gasteiger partial charge in [-0.05, 0) is 49.4 Å². The summed E-state index contributed by atoms with van der Waals surface area (Å²) in [6.45, 7) is 1.76. The molecular weight excluding hydrogens is 403 g/mol. The van der Waals surface area contributed by atoms with E-state index >= 15 is 0 Å². The first-order chi connectivity index (χ1) is 11.7. The number of alkyl halides is 3. The fraction of sp³-hybridized carbons (Fsp3) is 0.118. The molecule has 3 aromatic rings. The predicted molar refractivity (Wildman–Crippen MR) is 89.7 cm³/mol. The molecule has 1 heterocycles. The van der Waals surface area contributed by atoms with E-state index in [9.17, 15) is 18.0 Å².